The molecule has 1 atom stereocenters. The Morgan fingerprint density at radius 2 is 2.15 bits per heavy atom. The van der Waals surface area contributed by atoms with E-state index in [9.17, 15) is 4.39 Å². The van der Waals surface area contributed by atoms with Gasteiger partial charge in [0, 0.05) is 13.0 Å². The lowest BCUT2D eigenvalue weighted by molar-refractivity contribution is 0.163. The van der Waals surface area contributed by atoms with Crippen LogP contribution in [0.25, 0.3) is 0 Å². The van der Waals surface area contributed by atoms with E-state index in [1.165, 1.54) is 6.07 Å². The Kier molecular flexibility index (Phi) is 3.71. The highest BCUT2D eigenvalue weighted by Gasteiger charge is 2.06. The van der Waals surface area contributed by atoms with Gasteiger partial charge in [-0.05, 0) is 19.1 Å². The average Bonchev–Trinajstić information content (AvgIpc) is 2.09. The number of para-hydroxylation sites is 1. The molecule has 1 N–H and O–H groups in total. The van der Waals surface area contributed by atoms with E-state index in [-0.39, 0.29) is 24.3 Å². The van der Waals surface area contributed by atoms with Crippen molar-refractivity contribution in [1.29, 1.82) is 0 Å². The fourth-order valence-corrected chi connectivity index (χ4v) is 0.998. The van der Waals surface area contributed by atoms with Crippen molar-refractivity contribution in [1.82, 2.24) is 0 Å². The maximum atomic E-state index is 13.0. The minimum atomic E-state index is -0.368. The van der Waals surface area contributed by atoms with Crippen molar-refractivity contribution in [2.45, 2.75) is 19.4 Å². The fraction of sp³-hybridized carbons (Fsp3) is 0.400. The van der Waals surface area contributed by atoms with Gasteiger partial charge in [-0.3, -0.25) is 0 Å². The van der Waals surface area contributed by atoms with E-state index in [4.69, 9.17) is 9.84 Å². The standard InChI is InChI=1S/C10H13FO2/c1-8(6-7-12)13-10-5-3-2-4-9(10)11/h2-5,8,12H,6-7H2,1H3. The molecule has 0 aliphatic carbocycles. The maximum Gasteiger partial charge on any atom is 0.165 e. The Hall–Kier alpha value is -1.09. The van der Waals surface area contributed by atoms with Crippen molar-refractivity contribution in [3.63, 3.8) is 0 Å². The maximum absolute atomic E-state index is 13.0. The molecule has 3 heteroatoms. The molecule has 0 heterocycles. The van der Waals surface area contributed by atoms with Crippen molar-refractivity contribution in [2.24, 2.45) is 0 Å². The number of hydrogen-bond donors (Lipinski definition) is 1. The normalized spacial score (nSPS) is 12.5. The summed E-state index contributed by atoms with van der Waals surface area (Å²) in [6.07, 6.45) is 0.343. The molecular weight excluding hydrogens is 171 g/mol. The number of rotatable bonds is 4. The van der Waals surface area contributed by atoms with Crippen molar-refractivity contribution in [2.75, 3.05) is 6.61 Å². The zero-order chi connectivity index (χ0) is 9.68. The highest BCUT2D eigenvalue weighted by molar-refractivity contribution is 5.23. The Balaban J connectivity index is 2.58. The lowest BCUT2D eigenvalue weighted by Crippen LogP contribution is -2.14. The Morgan fingerprint density at radius 3 is 2.77 bits per heavy atom. The molecule has 1 unspecified atom stereocenters. The first-order chi connectivity index (χ1) is 6.24. The molecule has 72 valence electrons. The summed E-state index contributed by atoms with van der Waals surface area (Å²) in [5, 5.41) is 8.61. The van der Waals surface area contributed by atoms with Gasteiger partial charge in [-0.2, -0.15) is 0 Å². The van der Waals surface area contributed by atoms with Gasteiger partial charge in [-0.1, -0.05) is 12.1 Å². The van der Waals surface area contributed by atoms with Crippen molar-refractivity contribution in [3.05, 3.63) is 30.1 Å². The monoisotopic (exact) mass is 184 g/mol. The topological polar surface area (TPSA) is 29.5 Å². The summed E-state index contributed by atoms with van der Waals surface area (Å²) in [4.78, 5) is 0. The van der Waals surface area contributed by atoms with E-state index >= 15 is 0 Å². The van der Waals surface area contributed by atoms with Gasteiger partial charge in [-0.25, -0.2) is 4.39 Å². The van der Waals surface area contributed by atoms with Crippen LogP contribution >= 0.6 is 0 Å². The number of hydrogen-bond acceptors (Lipinski definition) is 2. The molecule has 13 heavy (non-hydrogen) atoms. The molecule has 0 aliphatic rings. The van der Waals surface area contributed by atoms with Crippen LogP contribution in [0, 0.1) is 5.82 Å². The number of aliphatic hydroxyl groups is 1. The van der Waals surface area contributed by atoms with Gasteiger partial charge in [0.15, 0.2) is 11.6 Å². The number of benzene rings is 1. The van der Waals surface area contributed by atoms with E-state index in [2.05, 4.69) is 0 Å². The van der Waals surface area contributed by atoms with E-state index in [1.54, 1.807) is 25.1 Å². The summed E-state index contributed by atoms with van der Waals surface area (Å²) in [7, 11) is 0. The Morgan fingerprint density at radius 1 is 1.46 bits per heavy atom. The van der Waals surface area contributed by atoms with E-state index in [0.717, 1.165) is 0 Å². The zero-order valence-corrected chi connectivity index (χ0v) is 7.53. The molecule has 1 aromatic rings. The van der Waals surface area contributed by atoms with Crippen LogP contribution < -0.4 is 4.74 Å². The predicted octanol–water partition coefficient (Wildman–Crippen LogP) is 1.98. The molecule has 0 amide bonds. The summed E-state index contributed by atoms with van der Waals surface area (Å²) in [5.41, 5.74) is 0. The molecule has 0 fully saturated rings. The summed E-state index contributed by atoms with van der Waals surface area (Å²) in [6, 6.07) is 6.24. The smallest absolute Gasteiger partial charge is 0.165 e. The lowest BCUT2D eigenvalue weighted by Gasteiger charge is -2.13. The first-order valence-corrected chi connectivity index (χ1v) is 4.26. The Bertz CT molecular complexity index is 263. The van der Waals surface area contributed by atoms with Gasteiger partial charge in [0.1, 0.15) is 0 Å². The van der Waals surface area contributed by atoms with Crippen molar-refractivity contribution >= 4 is 0 Å². The highest BCUT2D eigenvalue weighted by atomic mass is 19.1. The first-order valence-electron chi connectivity index (χ1n) is 4.26. The van der Waals surface area contributed by atoms with Crippen LogP contribution in [-0.4, -0.2) is 17.8 Å². The van der Waals surface area contributed by atoms with Crippen molar-refractivity contribution in [3.8, 4) is 5.75 Å². The number of aliphatic hydroxyl groups excluding tert-OH is 1. The minimum Gasteiger partial charge on any atom is -0.488 e. The van der Waals surface area contributed by atoms with Gasteiger partial charge in [-0.15, -0.1) is 0 Å². The van der Waals surface area contributed by atoms with Gasteiger partial charge >= 0.3 is 0 Å². The van der Waals surface area contributed by atoms with Gasteiger partial charge in [0.2, 0.25) is 0 Å². The Labute approximate surface area is 77.0 Å². The lowest BCUT2D eigenvalue weighted by atomic mass is 10.3. The quantitative estimate of drug-likeness (QED) is 0.775. The third-order valence-electron chi connectivity index (χ3n) is 1.70. The second-order valence-corrected chi connectivity index (χ2v) is 2.87. The number of ether oxygens (including phenoxy) is 1. The van der Waals surface area contributed by atoms with Crippen LogP contribution in [0.4, 0.5) is 4.39 Å². The van der Waals surface area contributed by atoms with Crippen LogP contribution in [0.15, 0.2) is 24.3 Å². The average molecular weight is 184 g/mol. The van der Waals surface area contributed by atoms with Crippen LogP contribution in [0.3, 0.4) is 0 Å². The third-order valence-corrected chi connectivity index (χ3v) is 1.70. The molecule has 1 aromatic carbocycles. The molecule has 0 radical (unpaired) electrons. The SMILES string of the molecule is CC(CCO)Oc1ccccc1F. The summed E-state index contributed by atoms with van der Waals surface area (Å²) in [5.74, 6) is -0.129. The highest BCUT2D eigenvalue weighted by Crippen LogP contribution is 2.17. The largest absolute Gasteiger partial charge is 0.488 e. The number of halogens is 1. The second kappa shape index (κ2) is 4.82. The molecule has 1 rings (SSSR count). The molecule has 0 spiro atoms. The third kappa shape index (κ3) is 3.03. The molecule has 0 saturated heterocycles. The van der Waals surface area contributed by atoms with E-state index in [0.29, 0.717) is 6.42 Å². The van der Waals surface area contributed by atoms with Gasteiger partial charge < -0.3 is 9.84 Å². The summed E-state index contributed by atoms with van der Waals surface area (Å²) in [6.45, 7) is 1.85. The molecule has 0 aromatic heterocycles. The van der Waals surface area contributed by atoms with Gasteiger partial charge in [0.05, 0.1) is 6.10 Å². The van der Waals surface area contributed by atoms with Crippen LogP contribution in [-0.2, 0) is 0 Å². The molecule has 0 bridgehead atoms. The molecular formula is C10H13FO2. The molecule has 0 saturated carbocycles. The predicted molar refractivity (Wildman–Crippen MR) is 48.2 cm³/mol. The van der Waals surface area contributed by atoms with Crippen molar-refractivity contribution < 1.29 is 14.2 Å². The van der Waals surface area contributed by atoms with E-state index in [1.807, 2.05) is 0 Å². The van der Waals surface area contributed by atoms with Crippen LogP contribution in [0.2, 0.25) is 0 Å². The fourth-order valence-electron chi connectivity index (χ4n) is 0.998. The first kappa shape index (κ1) is 9.99. The summed E-state index contributed by atoms with van der Waals surface area (Å²) < 4.78 is 18.3. The molecule has 0 aliphatic heterocycles. The molecule has 2 nitrogen and oxygen atoms in total. The van der Waals surface area contributed by atoms with Gasteiger partial charge in [0.25, 0.3) is 0 Å². The van der Waals surface area contributed by atoms with Crippen LogP contribution in [0.1, 0.15) is 13.3 Å². The second-order valence-electron chi connectivity index (χ2n) is 2.87. The summed E-state index contributed by atoms with van der Waals surface area (Å²) >= 11 is 0. The van der Waals surface area contributed by atoms with Crippen LogP contribution in [0.5, 0.6) is 5.75 Å². The zero-order valence-electron chi connectivity index (χ0n) is 7.53. The minimum absolute atomic E-state index is 0.0512. The van der Waals surface area contributed by atoms with E-state index < -0.39 is 0 Å².